The zero-order valence-electron chi connectivity index (χ0n) is 17.1. The number of thiophene rings is 1. The summed E-state index contributed by atoms with van der Waals surface area (Å²) in [5.74, 6) is 0.829. The van der Waals surface area contributed by atoms with Crippen LogP contribution in [0.4, 0.5) is 0 Å². The molecule has 3 aromatic rings. The molecule has 0 amide bonds. The molecule has 1 saturated carbocycles. The third kappa shape index (κ3) is 4.03. The first-order chi connectivity index (χ1) is 14.3. The van der Waals surface area contributed by atoms with Crippen molar-refractivity contribution in [1.29, 1.82) is 0 Å². The largest absolute Gasteiger partial charge is 0.474 e. The van der Waals surface area contributed by atoms with Crippen molar-refractivity contribution >= 4 is 21.6 Å². The predicted molar refractivity (Wildman–Crippen MR) is 119 cm³/mol. The highest BCUT2D eigenvalue weighted by Gasteiger charge is 2.27. The van der Waals surface area contributed by atoms with Gasteiger partial charge in [0.05, 0.1) is 5.39 Å². The number of ether oxygens (including phenoxy) is 1. The van der Waals surface area contributed by atoms with Crippen LogP contribution in [0.5, 0.6) is 5.88 Å². The minimum atomic E-state index is 0.281. The van der Waals surface area contributed by atoms with Crippen LogP contribution in [0.25, 0.3) is 10.2 Å². The number of likely N-dealkylation sites (N-methyl/N-ethyl adjacent to an activating group) is 1. The molecule has 2 aliphatic rings. The molecule has 0 bridgehead atoms. The lowest BCUT2D eigenvalue weighted by Crippen LogP contribution is -2.38. The fourth-order valence-corrected chi connectivity index (χ4v) is 6.10. The second-order valence-electron chi connectivity index (χ2n) is 8.48. The zero-order valence-corrected chi connectivity index (χ0v) is 18.0. The molecule has 2 heterocycles. The molecule has 5 rings (SSSR count). The first kappa shape index (κ1) is 19.0. The SMILES string of the molecule is CN(CCc1ccccc1)C1CCC(Oc2ncnc3sc4c(c23)CCC4)CC1. The molecule has 1 fully saturated rings. The van der Waals surface area contributed by atoms with Crippen LogP contribution in [0.2, 0.25) is 0 Å². The number of aromatic nitrogens is 2. The molecule has 0 N–H and O–H groups in total. The summed E-state index contributed by atoms with van der Waals surface area (Å²) in [6.07, 6.45) is 11.3. The van der Waals surface area contributed by atoms with Gasteiger partial charge in [-0.05, 0) is 69.5 Å². The third-order valence-electron chi connectivity index (χ3n) is 6.61. The second kappa shape index (κ2) is 8.41. The van der Waals surface area contributed by atoms with E-state index >= 15 is 0 Å². The van der Waals surface area contributed by atoms with Gasteiger partial charge in [-0.3, -0.25) is 0 Å². The van der Waals surface area contributed by atoms with Crippen molar-refractivity contribution in [3.63, 3.8) is 0 Å². The number of hydrogen-bond acceptors (Lipinski definition) is 5. The maximum Gasteiger partial charge on any atom is 0.225 e. The summed E-state index contributed by atoms with van der Waals surface area (Å²) >= 11 is 1.83. The lowest BCUT2D eigenvalue weighted by atomic mass is 9.92. The standard InChI is InChI=1S/C24H29N3OS/c1-27(15-14-17-6-3-2-4-7-17)18-10-12-19(13-11-18)28-23-22-20-8-5-9-21(20)29-24(22)26-16-25-23/h2-4,6-7,16,18-19H,5,8-15H2,1H3. The van der Waals surface area contributed by atoms with Crippen molar-refractivity contribution in [2.24, 2.45) is 0 Å². The van der Waals surface area contributed by atoms with Gasteiger partial charge in [0.2, 0.25) is 5.88 Å². The van der Waals surface area contributed by atoms with E-state index in [1.807, 2.05) is 11.3 Å². The molecular weight excluding hydrogens is 378 g/mol. The van der Waals surface area contributed by atoms with E-state index in [4.69, 9.17) is 4.74 Å². The minimum absolute atomic E-state index is 0.281. The fraction of sp³-hybridized carbons (Fsp3) is 0.500. The van der Waals surface area contributed by atoms with Gasteiger partial charge in [0.1, 0.15) is 17.3 Å². The maximum atomic E-state index is 6.45. The summed E-state index contributed by atoms with van der Waals surface area (Å²) in [6.45, 7) is 1.12. The Hall–Kier alpha value is -1.98. The molecule has 2 aliphatic carbocycles. The number of nitrogens with zero attached hydrogens (tertiary/aromatic N) is 3. The van der Waals surface area contributed by atoms with Crippen molar-refractivity contribution in [2.75, 3.05) is 13.6 Å². The number of rotatable bonds is 6. The van der Waals surface area contributed by atoms with Gasteiger partial charge in [0.25, 0.3) is 0 Å². The average molecular weight is 408 g/mol. The van der Waals surface area contributed by atoms with E-state index in [2.05, 4.69) is 52.2 Å². The van der Waals surface area contributed by atoms with Gasteiger partial charge < -0.3 is 9.64 Å². The molecule has 0 spiro atoms. The quantitative estimate of drug-likeness (QED) is 0.573. The predicted octanol–water partition coefficient (Wildman–Crippen LogP) is 5.04. The average Bonchev–Trinajstić information content (AvgIpc) is 3.35. The van der Waals surface area contributed by atoms with Crippen LogP contribution in [0.15, 0.2) is 36.7 Å². The number of fused-ring (bicyclic) bond motifs is 3. The summed E-state index contributed by atoms with van der Waals surface area (Å²) in [5.41, 5.74) is 2.88. The van der Waals surface area contributed by atoms with Crippen LogP contribution in [-0.2, 0) is 19.3 Å². The molecule has 29 heavy (non-hydrogen) atoms. The zero-order chi connectivity index (χ0) is 19.6. The summed E-state index contributed by atoms with van der Waals surface area (Å²) in [5, 5.41) is 1.20. The van der Waals surface area contributed by atoms with E-state index in [0.29, 0.717) is 6.04 Å². The van der Waals surface area contributed by atoms with Crippen LogP contribution in [-0.4, -0.2) is 40.6 Å². The topological polar surface area (TPSA) is 38.2 Å². The van der Waals surface area contributed by atoms with Gasteiger partial charge in [-0.2, -0.15) is 0 Å². The number of benzene rings is 1. The van der Waals surface area contributed by atoms with E-state index < -0.39 is 0 Å². The molecule has 152 valence electrons. The number of hydrogen-bond donors (Lipinski definition) is 0. The van der Waals surface area contributed by atoms with Crippen molar-refractivity contribution < 1.29 is 4.74 Å². The monoisotopic (exact) mass is 407 g/mol. The van der Waals surface area contributed by atoms with Gasteiger partial charge in [0, 0.05) is 17.5 Å². The smallest absolute Gasteiger partial charge is 0.225 e. The lowest BCUT2D eigenvalue weighted by Gasteiger charge is -2.34. The van der Waals surface area contributed by atoms with E-state index in [9.17, 15) is 0 Å². The summed E-state index contributed by atoms with van der Waals surface area (Å²) < 4.78 is 6.45. The third-order valence-corrected chi connectivity index (χ3v) is 7.81. The van der Waals surface area contributed by atoms with Crippen molar-refractivity contribution in [3.8, 4) is 5.88 Å². The van der Waals surface area contributed by atoms with Gasteiger partial charge in [-0.1, -0.05) is 30.3 Å². The Labute approximate surface area is 176 Å². The Balaban J connectivity index is 1.18. The van der Waals surface area contributed by atoms with Crippen LogP contribution < -0.4 is 4.74 Å². The molecule has 0 saturated heterocycles. The molecule has 4 nitrogen and oxygen atoms in total. The Morgan fingerprint density at radius 1 is 1.07 bits per heavy atom. The number of aryl methyl sites for hydroxylation is 2. The molecule has 0 aliphatic heterocycles. The van der Waals surface area contributed by atoms with Crippen LogP contribution in [0, 0.1) is 0 Å². The highest BCUT2D eigenvalue weighted by molar-refractivity contribution is 7.18. The summed E-state index contributed by atoms with van der Waals surface area (Å²) in [6, 6.07) is 11.5. The van der Waals surface area contributed by atoms with Gasteiger partial charge in [-0.25, -0.2) is 9.97 Å². The molecule has 5 heteroatoms. The summed E-state index contributed by atoms with van der Waals surface area (Å²) in [7, 11) is 2.28. The Morgan fingerprint density at radius 3 is 2.72 bits per heavy atom. The normalized spacial score (nSPS) is 21.6. The first-order valence-corrected chi connectivity index (χ1v) is 11.8. The van der Waals surface area contributed by atoms with Gasteiger partial charge in [0.15, 0.2) is 0 Å². The molecular formula is C24H29N3OS. The second-order valence-corrected chi connectivity index (χ2v) is 9.56. The van der Waals surface area contributed by atoms with Gasteiger partial charge >= 0.3 is 0 Å². The highest BCUT2D eigenvalue weighted by Crippen LogP contribution is 2.40. The van der Waals surface area contributed by atoms with E-state index in [1.165, 1.54) is 47.1 Å². The fourth-order valence-electron chi connectivity index (χ4n) is 4.88. The molecule has 1 aromatic carbocycles. The minimum Gasteiger partial charge on any atom is -0.474 e. The van der Waals surface area contributed by atoms with Crippen molar-refractivity contribution in [3.05, 3.63) is 52.7 Å². The molecule has 0 unspecified atom stereocenters. The van der Waals surface area contributed by atoms with Crippen molar-refractivity contribution in [1.82, 2.24) is 14.9 Å². The van der Waals surface area contributed by atoms with Crippen molar-refractivity contribution in [2.45, 2.75) is 63.5 Å². The van der Waals surface area contributed by atoms with Gasteiger partial charge in [-0.15, -0.1) is 11.3 Å². The lowest BCUT2D eigenvalue weighted by molar-refractivity contribution is 0.0990. The van der Waals surface area contributed by atoms with Crippen LogP contribution in [0.3, 0.4) is 0 Å². The van der Waals surface area contributed by atoms with E-state index in [-0.39, 0.29) is 6.10 Å². The first-order valence-electron chi connectivity index (χ1n) is 10.9. The van der Waals surface area contributed by atoms with Crippen LogP contribution in [0.1, 0.15) is 48.1 Å². The highest BCUT2D eigenvalue weighted by atomic mass is 32.1. The maximum absolute atomic E-state index is 6.45. The molecule has 2 aromatic heterocycles. The van der Waals surface area contributed by atoms with E-state index in [0.717, 1.165) is 42.9 Å². The Kier molecular flexibility index (Phi) is 5.51. The Bertz CT molecular complexity index is 963. The van der Waals surface area contributed by atoms with E-state index in [1.54, 1.807) is 6.33 Å². The molecule has 0 atom stereocenters. The summed E-state index contributed by atoms with van der Waals surface area (Å²) in [4.78, 5) is 14.2. The Morgan fingerprint density at radius 2 is 1.90 bits per heavy atom. The molecule has 0 radical (unpaired) electrons. The van der Waals surface area contributed by atoms with Crippen LogP contribution >= 0.6 is 11.3 Å².